The van der Waals surface area contributed by atoms with Crippen molar-refractivity contribution in [2.24, 2.45) is 5.10 Å². The number of urea groups is 1. The van der Waals surface area contributed by atoms with E-state index in [0.29, 0.717) is 55.2 Å². The van der Waals surface area contributed by atoms with Crippen LogP contribution in [0.25, 0.3) is 0 Å². The number of amides is 2. The van der Waals surface area contributed by atoms with Crippen molar-refractivity contribution in [2.45, 2.75) is 32.7 Å². The Balaban J connectivity index is 1.43. The zero-order valence-electron chi connectivity index (χ0n) is 24.8. The van der Waals surface area contributed by atoms with Gasteiger partial charge in [0.1, 0.15) is 19.0 Å². The molecular weight excluding hydrogens is 771 g/mol. The molecule has 15 heteroatoms. The van der Waals surface area contributed by atoms with Crippen molar-refractivity contribution in [1.82, 2.24) is 16.1 Å². The molecule has 0 fully saturated rings. The molecule has 1 aliphatic heterocycles. The van der Waals surface area contributed by atoms with Crippen LogP contribution in [0.4, 0.5) is 4.79 Å². The third-order valence-electron chi connectivity index (χ3n) is 6.52. The number of benzene rings is 3. The summed E-state index contributed by atoms with van der Waals surface area (Å²) in [5.74, 6) is 0.621. The summed E-state index contributed by atoms with van der Waals surface area (Å²) in [6, 6.07) is 12.6. The molecule has 0 aromatic heterocycles. The molecule has 0 bridgehead atoms. The lowest BCUT2D eigenvalue weighted by Crippen LogP contribution is -2.45. The summed E-state index contributed by atoms with van der Waals surface area (Å²) in [5, 5.41) is 21.1. The van der Waals surface area contributed by atoms with E-state index >= 15 is 0 Å². The van der Waals surface area contributed by atoms with Crippen molar-refractivity contribution >= 4 is 73.3 Å². The van der Waals surface area contributed by atoms with Gasteiger partial charge < -0.3 is 34.7 Å². The molecule has 1 aliphatic rings. The summed E-state index contributed by atoms with van der Waals surface area (Å²) in [7, 11) is 1.27. The highest BCUT2D eigenvalue weighted by atomic mass is 79.9. The first-order chi connectivity index (χ1) is 22.0. The average Bonchev–Trinajstić information content (AvgIpc) is 3.00. The van der Waals surface area contributed by atoms with E-state index in [9.17, 15) is 14.7 Å². The highest BCUT2D eigenvalue weighted by molar-refractivity contribution is 9.11. The zero-order valence-corrected chi connectivity index (χ0v) is 29.5. The normalized spacial score (nSPS) is 15.2. The van der Waals surface area contributed by atoms with Crippen LogP contribution in [0.2, 0.25) is 10.0 Å². The zero-order chi connectivity index (χ0) is 33.4. The summed E-state index contributed by atoms with van der Waals surface area (Å²) in [5.41, 5.74) is 5.22. The molecule has 2 amide bonds. The van der Waals surface area contributed by atoms with E-state index in [-0.39, 0.29) is 18.8 Å². The highest BCUT2D eigenvalue weighted by Crippen LogP contribution is 2.36. The van der Waals surface area contributed by atoms with Crippen molar-refractivity contribution in [3.63, 3.8) is 0 Å². The predicted octanol–water partition coefficient (Wildman–Crippen LogP) is 6.62. The standard InChI is InChI=1S/C31H30Br2Cl2N4O7/c1-4-44-25-10-17(28-27(30(41)43-3)16(2)37-31(42)38-28)6-8-24(25)45-15-26(40)39-36-13-19-9-20(32)11-22(33)29(19)46-14-18-5-7-21(34)12-23(18)35/h5-13,26,28,39-40H,4,14-15H2,1-3H3,(H2,37,38,42)/b36-13+/t26-,28+/m1/s1. The van der Waals surface area contributed by atoms with Gasteiger partial charge in [0, 0.05) is 31.3 Å². The number of nitrogens with zero attached hydrogens (tertiary/aromatic N) is 1. The minimum atomic E-state index is -1.20. The Morgan fingerprint density at radius 1 is 1.11 bits per heavy atom. The number of nitrogens with one attached hydrogen (secondary N) is 3. The Morgan fingerprint density at radius 3 is 2.61 bits per heavy atom. The monoisotopic (exact) mass is 798 g/mol. The van der Waals surface area contributed by atoms with Gasteiger partial charge in [-0.25, -0.2) is 9.59 Å². The molecule has 2 atom stereocenters. The van der Waals surface area contributed by atoms with Crippen LogP contribution in [0.3, 0.4) is 0 Å². The fourth-order valence-corrected chi connectivity index (χ4v) is 6.27. The molecule has 0 unspecified atom stereocenters. The third-order valence-corrected chi connectivity index (χ3v) is 8.16. The molecule has 0 saturated heterocycles. The van der Waals surface area contributed by atoms with Gasteiger partial charge in [-0.1, -0.05) is 51.3 Å². The van der Waals surface area contributed by atoms with Gasteiger partial charge in [-0.05, 0) is 71.7 Å². The Kier molecular flexibility index (Phi) is 12.6. The molecule has 0 aliphatic carbocycles. The first-order valence-corrected chi connectivity index (χ1v) is 16.1. The van der Waals surface area contributed by atoms with Crippen molar-refractivity contribution in [1.29, 1.82) is 0 Å². The van der Waals surface area contributed by atoms with Crippen LogP contribution >= 0.6 is 55.1 Å². The molecule has 0 saturated carbocycles. The second-order valence-electron chi connectivity index (χ2n) is 9.75. The Bertz CT molecular complexity index is 1670. The molecule has 1 heterocycles. The average molecular weight is 801 g/mol. The first kappa shape index (κ1) is 35.4. The highest BCUT2D eigenvalue weighted by Gasteiger charge is 2.32. The lowest BCUT2D eigenvalue weighted by atomic mass is 9.95. The summed E-state index contributed by atoms with van der Waals surface area (Å²) < 4.78 is 24.0. The molecule has 244 valence electrons. The molecule has 4 N–H and O–H groups in total. The summed E-state index contributed by atoms with van der Waals surface area (Å²) in [6.45, 7) is 3.75. The number of rotatable bonds is 13. The number of carbonyl (C=O) groups excluding carboxylic acids is 2. The van der Waals surface area contributed by atoms with Crippen molar-refractivity contribution < 1.29 is 33.6 Å². The number of esters is 1. The van der Waals surface area contributed by atoms with Crippen molar-refractivity contribution in [3.05, 3.63) is 95.5 Å². The van der Waals surface area contributed by atoms with Gasteiger partial charge >= 0.3 is 12.0 Å². The SMILES string of the molecule is CCOc1cc([C@@H]2NC(=O)NC(C)=C2C(=O)OC)ccc1OC[C@@H](O)N/N=C/c1cc(Br)cc(Br)c1OCc1ccc(Cl)cc1Cl. The van der Waals surface area contributed by atoms with E-state index in [2.05, 4.69) is 53.0 Å². The summed E-state index contributed by atoms with van der Waals surface area (Å²) in [4.78, 5) is 24.7. The van der Waals surface area contributed by atoms with Crippen LogP contribution in [0.5, 0.6) is 17.2 Å². The molecule has 0 spiro atoms. The maximum atomic E-state index is 12.5. The van der Waals surface area contributed by atoms with Gasteiger partial charge in [-0.2, -0.15) is 5.10 Å². The largest absolute Gasteiger partial charge is 0.490 e. The number of allylic oxidation sites excluding steroid dienone is 1. The maximum Gasteiger partial charge on any atom is 0.337 e. The second-order valence-corrected chi connectivity index (χ2v) is 12.4. The number of aliphatic hydroxyl groups is 1. The molecular formula is C31H30Br2Cl2N4O7. The van der Waals surface area contributed by atoms with Gasteiger partial charge in [0.2, 0.25) is 0 Å². The van der Waals surface area contributed by atoms with Gasteiger partial charge in [0.25, 0.3) is 0 Å². The molecule has 4 rings (SSSR count). The van der Waals surface area contributed by atoms with Crippen LogP contribution in [0, 0.1) is 0 Å². The van der Waals surface area contributed by atoms with Crippen molar-refractivity contribution in [2.75, 3.05) is 20.3 Å². The number of halogens is 4. The first-order valence-electron chi connectivity index (χ1n) is 13.8. The van der Waals surface area contributed by atoms with Crippen LogP contribution in [0.1, 0.15) is 36.6 Å². The van der Waals surface area contributed by atoms with E-state index in [1.165, 1.54) is 13.3 Å². The topological polar surface area (TPSA) is 140 Å². The van der Waals surface area contributed by atoms with Gasteiger partial charge in [-0.3, -0.25) is 5.43 Å². The Hall–Kier alpha value is -3.49. The quantitative estimate of drug-likeness (QED) is 0.0656. The Labute approximate surface area is 292 Å². The Morgan fingerprint density at radius 2 is 1.89 bits per heavy atom. The lowest BCUT2D eigenvalue weighted by Gasteiger charge is -2.28. The van der Waals surface area contributed by atoms with Crippen LogP contribution in [-0.2, 0) is 16.1 Å². The summed E-state index contributed by atoms with van der Waals surface area (Å²) in [6.07, 6.45) is 0.304. The molecule has 0 radical (unpaired) electrons. The third kappa shape index (κ3) is 9.07. The van der Waals surface area contributed by atoms with E-state index < -0.39 is 24.3 Å². The molecule has 3 aromatic rings. The molecule has 3 aromatic carbocycles. The number of hydrazone groups is 1. The minimum Gasteiger partial charge on any atom is -0.490 e. The molecule has 11 nitrogen and oxygen atoms in total. The predicted molar refractivity (Wildman–Crippen MR) is 182 cm³/mol. The minimum absolute atomic E-state index is 0.186. The smallest absolute Gasteiger partial charge is 0.337 e. The van der Waals surface area contributed by atoms with E-state index in [4.69, 9.17) is 42.1 Å². The number of carbonyl (C=O) groups is 2. The van der Waals surface area contributed by atoms with E-state index in [1.54, 1.807) is 56.3 Å². The fraction of sp³-hybridized carbons (Fsp3) is 0.258. The van der Waals surface area contributed by atoms with Gasteiger partial charge in [0.05, 0.1) is 36.0 Å². The summed E-state index contributed by atoms with van der Waals surface area (Å²) >= 11 is 19.3. The van der Waals surface area contributed by atoms with E-state index in [0.717, 1.165) is 10.0 Å². The van der Waals surface area contributed by atoms with Crippen LogP contribution in [-0.4, -0.2) is 49.9 Å². The van der Waals surface area contributed by atoms with E-state index in [1.807, 2.05) is 6.07 Å². The van der Waals surface area contributed by atoms with Crippen LogP contribution in [0.15, 0.2) is 73.8 Å². The van der Waals surface area contributed by atoms with Crippen molar-refractivity contribution in [3.8, 4) is 17.2 Å². The number of ether oxygens (including phenoxy) is 4. The lowest BCUT2D eigenvalue weighted by molar-refractivity contribution is -0.136. The molecule has 46 heavy (non-hydrogen) atoms. The number of hydrogen-bond donors (Lipinski definition) is 4. The number of aliphatic hydroxyl groups excluding tert-OH is 1. The fourth-order valence-electron chi connectivity index (χ4n) is 4.43. The number of methoxy groups -OCH3 is 1. The van der Waals surface area contributed by atoms with Crippen LogP contribution < -0.4 is 30.3 Å². The second kappa shape index (κ2) is 16.4. The van der Waals surface area contributed by atoms with Gasteiger partial charge in [0.15, 0.2) is 17.7 Å². The maximum absolute atomic E-state index is 12.5. The number of hydrogen-bond acceptors (Lipinski definition) is 9. The van der Waals surface area contributed by atoms with Gasteiger partial charge in [-0.15, -0.1) is 0 Å².